The van der Waals surface area contributed by atoms with Crippen molar-refractivity contribution in [2.75, 3.05) is 6.61 Å². The lowest BCUT2D eigenvalue weighted by Crippen LogP contribution is -2.17. The summed E-state index contributed by atoms with van der Waals surface area (Å²) < 4.78 is 48.2. The largest absolute Gasteiger partial charge is 0.573 e. The smallest absolute Gasteiger partial charge is 0.493 e. The standard InChI is InChI=1S/C29H22F3NO4/c30-29(31,32)37-20-10-3-9-19(17-20)22-12-5-13-23-24(27(28(34)35)33-26(22)23)14-6-16-36-25-15-4-8-18-7-1-2-11-21(18)25/h1-5,7-13,15,17,33H,6,14,16H2,(H,34,35). The van der Waals surface area contributed by atoms with Crippen molar-refractivity contribution in [3.05, 3.63) is 96.2 Å². The highest BCUT2D eigenvalue weighted by Gasteiger charge is 2.31. The number of aryl methyl sites for hydroxylation is 1. The number of aromatic amines is 1. The Kier molecular flexibility index (Phi) is 6.48. The van der Waals surface area contributed by atoms with Crippen molar-refractivity contribution in [3.63, 3.8) is 0 Å². The molecular formula is C29H22F3NO4. The van der Waals surface area contributed by atoms with Crippen LogP contribution in [-0.2, 0) is 6.42 Å². The van der Waals surface area contributed by atoms with Gasteiger partial charge in [-0.15, -0.1) is 13.2 Å². The Morgan fingerprint density at radius 1 is 0.892 bits per heavy atom. The molecular weight excluding hydrogens is 483 g/mol. The van der Waals surface area contributed by atoms with Crippen LogP contribution >= 0.6 is 0 Å². The monoisotopic (exact) mass is 505 g/mol. The van der Waals surface area contributed by atoms with Crippen LogP contribution in [-0.4, -0.2) is 29.0 Å². The Hall–Kier alpha value is -4.46. The van der Waals surface area contributed by atoms with Gasteiger partial charge in [0.25, 0.3) is 0 Å². The molecule has 1 aromatic heterocycles. The number of carboxylic acid groups (broad SMARTS) is 1. The van der Waals surface area contributed by atoms with Crippen LogP contribution in [0.2, 0.25) is 0 Å². The fourth-order valence-electron chi connectivity index (χ4n) is 4.57. The first-order valence-corrected chi connectivity index (χ1v) is 11.6. The Balaban J connectivity index is 1.41. The first kappa shape index (κ1) is 24.2. The molecule has 0 radical (unpaired) electrons. The first-order chi connectivity index (χ1) is 17.8. The Morgan fingerprint density at radius 2 is 1.62 bits per heavy atom. The molecule has 4 aromatic carbocycles. The predicted octanol–water partition coefficient (Wildman–Crippen LogP) is 7.60. The predicted molar refractivity (Wildman–Crippen MR) is 135 cm³/mol. The number of hydrogen-bond acceptors (Lipinski definition) is 3. The van der Waals surface area contributed by atoms with Gasteiger partial charge in [-0.2, -0.15) is 0 Å². The van der Waals surface area contributed by atoms with Gasteiger partial charge in [0.1, 0.15) is 17.2 Å². The van der Waals surface area contributed by atoms with Gasteiger partial charge in [0.05, 0.1) is 12.1 Å². The number of nitrogens with one attached hydrogen (secondary N) is 1. The summed E-state index contributed by atoms with van der Waals surface area (Å²) in [6.07, 6.45) is -3.81. The van der Waals surface area contributed by atoms with Gasteiger partial charge in [-0.1, -0.05) is 66.7 Å². The van der Waals surface area contributed by atoms with Gasteiger partial charge in [-0.25, -0.2) is 4.79 Å². The van der Waals surface area contributed by atoms with Crippen molar-refractivity contribution < 1.29 is 32.5 Å². The number of ether oxygens (including phenoxy) is 2. The van der Waals surface area contributed by atoms with Gasteiger partial charge in [0, 0.05) is 16.3 Å². The van der Waals surface area contributed by atoms with Crippen LogP contribution in [0, 0.1) is 0 Å². The van der Waals surface area contributed by atoms with Crippen LogP contribution in [0.3, 0.4) is 0 Å². The van der Waals surface area contributed by atoms with Crippen molar-refractivity contribution in [2.45, 2.75) is 19.2 Å². The quantitative estimate of drug-likeness (QED) is 0.213. The highest BCUT2D eigenvalue weighted by Crippen LogP contribution is 2.35. The summed E-state index contributed by atoms with van der Waals surface area (Å²) in [5.74, 6) is -0.696. The lowest BCUT2D eigenvalue weighted by atomic mass is 9.99. The zero-order chi connectivity index (χ0) is 26.0. The maximum Gasteiger partial charge on any atom is 0.573 e. The lowest BCUT2D eigenvalue weighted by molar-refractivity contribution is -0.274. The van der Waals surface area contributed by atoms with E-state index in [-0.39, 0.29) is 11.4 Å². The molecule has 37 heavy (non-hydrogen) atoms. The normalized spacial score (nSPS) is 11.6. The molecule has 188 valence electrons. The van der Waals surface area contributed by atoms with E-state index in [1.165, 1.54) is 18.2 Å². The van der Waals surface area contributed by atoms with E-state index >= 15 is 0 Å². The molecule has 0 aliphatic carbocycles. The summed E-state index contributed by atoms with van der Waals surface area (Å²) >= 11 is 0. The van der Waals surface area contributed by atoms with E-state index in [1.807, 2.05) is 42.5 Å². The number of alkyl halides is 3. The van der Waals surface area contributed by atoms with Crippen LogP contribution < -0.4 is 9.47 Å². The Bertz CT molecular complexity index is 1580. The SMILES string of the molecule is O=C(O)c1[nH]c2c(-c3cccc(OC(F)(F)F)c3)cccc2c1CCCOc1cccc2ccccc12. The van der Waals surface area contributed by atoms with E-state index in [9.17, 15) is 23.1 Å². The minimum absolute atomic E-state index is 0.0512. The molecule has 0 unspecified atom stereocenters. The topological polar surface area (TPSA) is 71.5 Å². The third-order valence-electron chi connectivity index (χ3n) is 6.11. The number of carbonyl (C=O) groups is 1. The summed E-state index contributed by atoms with van der Waals surface area (Å²) in [5.41, 5.74) is 2.25. The number of aromatic carboxylic acids is 1. The second-order valence-electron chi connectivity index (χ2n) is 8.52. The number of halogens is 3. The molecule has 0 fully saturated rings. The van der Waals surface area contributed by atoms with Gasteiger partial charge >= 0.3 is 12.3 Å². The summed E-state index contributed by atoms with van der Waals surface area (Å²) in [5, 5.41) is 12.6. The van der Waals surface area contributed by atoms with Crippen LogP contribution in [0.5, 0.6) is 11.5 Å². The maximum atomic E-state index is 12.7. The van der Waals surface area contributed by atoms with Crippen LogP contribution in [0.1, 0.15) is 22.5 Å². The molecule has 0 saturated carbocycles. The van der Waals surface area contributed by atoms with E-state index in [0.717, 1.165) is 16.5 Å². The minimum Gasteiger partial charge on any atom is -0.493 e. The number of rotatable bonds is 8. The van der Waals surface area contributed by atoms with E-state index in [2.05, 4.69) is 9.72 Å². The highest BCUT2D eigenvalue weighted by molar-refractivity contribution is 6.03. The van der Waals surface area contributed by atoms with Crippen molar-refractivity contribution in [2.24, 2.45) is 0 Å². The molecule has 0 atom stereocenters. The summed E-state index contributed by atoms with van der Waals surface area (Å²) in [6.45, 7) is 0.385. The molecule has 0 aliphatic rings. The van der Waals surface area contributed by atoms with Gasteiger partial charge < -0.3 is 19.6 Å². The van der Waals surface area contributed by atoms with Crippen LogP contribution in [0.25, 0.3) is 32.8 Å². The fourth-order valence-corrected chi connectivity index (χ4v) is 4.57. The Morgan fingerprint density at radius 3 is 2.43 bits per heavy atom. The van der Waals surface area contributed by atoms with Crippen molar-refractivity contribution >= 4 is 27.6 Å². The molecule has 5 aromatic rings. The molecule has 1 heterocycles. The number of fused-ring (bicyclic) bond motifs is 2. The molecule has 0 aliphatic heterocycles. The second kappa shape index (κ2) is 9.89. The van der Waals surface area contributed by atoms with Crippen LogP contribution in [0.15, 0.2) is 84.9 Å². The molecule has 5 rings (SSSR count). The Labute approximate surface area is 210 Å². The molecule has 0 spiro atoms. The minimum atomic E-state index is -4.81. The number of H-pyrrole nitrogens is 1. The fraction of sp³-hybridized carbons (Fsp3) is 0.138. The second-order valence-corrected chi connectivity index (χ2v) is 8.52. The number of benzene rings is 4. The highest BCUT2D eigenvalue weighted by atomic mass is 19.4. The number of hydrogen-bond donors (Lipinski definition) is 2. The van der Waals surface area contributed by atoms with Crippen molar-refractivity contribution in [3.8, 4) is 22.6 Å². The maximum absolute atomic E-state index is 12.7. The molecule has 0 amide bonds. The van der Waals surface area contributed by atoms with Gasteiger partial charge in [-0.05, 0) is 47.6 Å². The zero-order valence-corrected chi connectivity index (χ0v) is 19.5. The van der Waals surface area contributed by atoms with Crippen molar-refractivity contribution in [1.29, 1.82) is 0 Å². The average molecular weight is 505 g/mol. The van der Waals surface area contributed by atoms with Gasteiger partial charge in [-0.3, -0.25) is 0 Å². The third kappa shape index (κ3) is 5.23. The number of para-hydroxylation sites is 1. The first-order valence-electron chi connectivity index (χ1n) is 11.6. The molecule has 2 N–H and O–H groups in total. The van der Waals surface area contributed by atoms with E-state index in [0.29, 0.717) is 47.0 Å². The molecule has 8 heteroatoms. The number of carboxylic acids is 1. The number of aromatic nitrogens is 1. The average Bonchev–Trinajstić information content (AvgIpc) is 3.25. The molecule has 0 saturated heterocycles. The van der Waals surface area contributed by atoms with Gasteiger partial charge in [0.15, 0.2) is 0 Å². The van der Waals surface area contributed by atoms with E-state index in [4.69, 9.17) is 4.74 Å². The zero-order valence-electron chi connectivity index (χ0n) is 19.5. The van der Waals surface area contributed by atoms with E-state index < -0.39 is 12.3 Å². The molecule has 5 nitrogen and oxygen atoms in total. The molecule has 0 bridgehead atoms. The summed E-state index contributed by atoms with van der Waals surface area (Å²) in [4.78, 5) is 15.0. The van der Waals surface area contributed by atoms with Gasteiger partial charge in [0.2, 0.25) is 0 Å². The summed E-state index contributed by atoms with van der Waals surface area (Å²) in [6, 6.07) is 24.6. The third-order valence-corrected chi connectivity index (χ3v) is 6.11. The van der Waals surface area contributed by atoms with E-state index in [1.54, 1.807) is 24.3 Å². The van der Waals surface area contributed by atoms with Crippen LogP contribution in [0.4, 0.5) is 13.2 Å². The summed E-state index contributed by atoms with van der Waals surface area (Å²) in [7, 11) is 0. The van der Waals surface area contributed by atoms with Crippen molar-refractivity contribution in [1.82, 2.24) is 4.98 Å². The lowest BCUT2D eigenvalue weighted by Gasteiger charge is -2.11.